The average molecular weight is 274 g/mol. The Morgan fingerprint density at radius 1 is 1.50 bits per heavy atom. The number of hydrogen-bond acceptors (Lipinski definition) is 2. The van der Waals surface area contributed by atoms with E-state index in [4.69, 9.17) is 0 Å². The summed E-state index contributed by atoms with van der Waals surface area (Å²) in [5.74, 6) is -0.193. The quantitative estimate of drug-likeness (QED) is 0.580. The average Bonchev–Trinajstić information content (AvgIpc) is 2.01. The van der Waals surface area contributed by atoms with Crippen molar-refractivity contribution in [1.82, 2.24) is 0 Å². The molecule has 0 N–H and O–H groups in total. The van der Waals surface area contributed by atoms with Crippen LogP contribution in [-0.4, -0.2) is 23.7 Å². The topological polar surface area (TPSA) is 26.3 Å². The molecule has 0 atom stereocenters. The fourth-order valence-electron chi connectivity index (χ4n) is 0.391. The molecule has 0 aliphatic rings. The van der Waals surface area contributed by atoms with Crippen LogP contribution in [0.5, 0.6) is 0 Å². The van der Waals surface area contributed by atoms with Crippen molar-refractivity contribution in [2.24, 2.45) is 5.41 Å². The minimum absolute atomic E-state index is 0.193. The zero-order chi connectivity index (χ0) is 8.20. The third-order valence-electron chi connectivity index (χ3n) is 1.27. The lowest BCUT2D eigenvalue weighted by molar-refractivity contribution is -0.148. The van der Waals surface area contributed by atoms with Crippen molar-refractivity contribution in [3.63, 3.8) is 0 Å². The van der Waals surface area contributed by atoms with E-state index in [2.05, 4.69) is 36.6 Å². The highest BCUT2D eigenvalue weighted by atomic mass is 79.9. The van der Waals surface area contributed by atoms with Crippen LogP contribution in [0.4, 0.5) is 0 Å². The number of methoxy groups -OCH3 is 1. The molecule has 0 aromatic carbocycles. The van der Waals surface area contributed by atoms with Gasteiger partial charge in [-0.2, -0.15) is 0 Å². The van der Waals surface area contributed by atoms with Gasteiger partial charge >= 0.3 is 5.97 Å². The van der Waals surface area contributed by atoms with E-state index in [-0.39, 0.29) is 5.97 Å². The summed E-state index contributed by atoms with van der Waals surface area (Å²) in [7, 11) is 1.39. The predicted octanol–water partition coefficient (Wildman–Crippen LogP) is 1.96. The van der Waals surface area contributed by atoms with Crippen molar-refractivity contribution >= 4 is 37.8 Å². The maximum Gasteiger partial charge on any atom is 0.313 e. The number of esters is 1. The second-order valence-electron chi connectivity index (χ2n) is 2.32. The molecule has 0 saturated heterocycles. The molecule has 10 heavy (non-hydrogen) atoms. The second kappa shape index (κ2) is 4.34. The first-order chi connectivity index (χ1) is 4.60. The van der Waals surface area contributed by atoms with Gasteiger partial charge in [-0.25, -0.2) is 0 Å². The van der Waals surface area contributed by atoms with E-state index in [9.17, 15) is 4.79 Å². The summed E-state index contributed by atoms with van der Waals surface area (Å²) in [6, 6.07) is 0. The van der Waals surface area contributed by atoms with Crippen molar-refractivity contribution in [1.29, 1.82) is 0 Å². The predicted molar refractivity (Wildman–Crippen MR) is 47.7 cm³/mol. The molecule has 4 heteroatoms. The van der Waals surface area contributed by atoms with E-state index in [1.54, 1.807) is 0 Å². The lowest BCUT2D eigenvalue weighted by Crippen LogP contribution is -2.32. The summed E-state index contributed by atoms with van der Waals surface area (Å²) in [5.41, 5.74) is -0.436. The van der Waals surface area contributed by atoms with E-state index in [0.29, 0.717) is 10.7 Å². The van der Waals surface area contributed by atoms with Crippen LogP contribution in [0.25, 0.3) is 0 Å². The van der Waals surface area contributed by atoms with Gasteiger partial charge in [0.1, 0.15) is 0 Å². The molecule has 0 spiro atoms. The van der Waals surface area contributed by atoms with Crippen LogP contribution in [0.2, 0.25) is 0 Å². The first kappa shape index (κ1) is 10.4. The molecule has 0 amide bonds. The molecule has 0 rings (SSSR count). The third kappa shape index (κ3) is 2.23. The summed E-state index contributed by atoms with van der Waals surface area (Å²) in [5, 5.41) is 1.22. The number of carbonyl (C=O) groups is 1. The minimum Gasteiger partial charge on any atom is -0.469 e. The fraction of sp³-hybridized carbons (Fsp3) is 0.833. The summed E-state index contributed by atoms with van der Waals surface area (Å²) in [6.45, 7) is 1.84. The van der Waals surface area contributed by atoms with Gasteiger partial charge in [0, 0.05) is 10.7 Å². The molecular weight excluding hydrogens is 264 g/mol. The van der Waals surface area contributed by atoms with Gasteiger partial charge in [-0.15, -0.1) is 0 Å². The molecule has 0 unspecified atom stereocenters. The van der Waals surface area contributed by atoms with Crippen molar-refractivity contribution < 1.29 is 9.53 Å². The molecular formula is C6H10Br2O2. The van der Waals surface area contributed by atoms with E-state index < -0.39 is 5.41 Å². The smallest absolute Gasteiger partial charge is 0.313 e. The van der Waals surface area contributed by atoms with Crippen molar-refractivity contribution in [3.8, 4) is 0 Å². The minimum atomic E-state index is -0.436. The monoisotopic (exact) mass is 272 g/mol. The van der Waals surface area contributed by atoms with Gasteiger partial charge in [0.05, 0.1) is 12.5 Å². The molecule has 0 bridgehead atoms. The first-order valence-electron chi connectivity index (χ1n) is 2.81. The van der Waals surface area contributed by atoms with Crippen molar-refractivity contribution in [2.75, 3.05) is 17.8 Å². The van der Waals surface area contributed by atoms with E-state index >= 15 is 0 Å². The second-order valence-corrected chi connectivity index (χ2v) is 3.44. The third-order valence-corrected chi connectivity index (χ3v) is 3.74. The van der Waals surface area contributed by atoms with Crippen LogP contribution in [0.15, 0.2) is 0 Å². The molecule has 0 radical (unpaired) electrons. The standard InChI is InChI=1S/C6H10Br2O2/c1-6(3-7,4-8)5(9)10-2/h3-4H2,1-2H3. The molecule has 0 aromatic heterocycles. The number of rotatable bonds is 3. The molecule has 2 nitrogen and oxygen atoms in total. The number of halogens is 2. The molecule has 0 aromatic rings. The summed E-state index contributed by atoms with van der Waals surface area (Å²) >= 11 is 6.49. The Morgan fingerprint density at radius 2 is 1.90 bits per heavy atom. The highest BCUT2D eigenvalue weighted by Crippen LogP contribution is 2.23. The normalized spacial score (nSPS) is 11.2. The number of alkyl halides is 2. The Kier molecular flexibility index (Phi) is 4.52. The lowest BCUT2D eigenvalue weighted by atomic mass is 9.97. The Labute approximate surface area is 77.6 Å². The molecule has 0 saturated carbocycles. The van der Waals surface area contributed by atoms with E-state index in [0.717, 1.165) is 0 Å². The van der Waals surface area contributed by atoms with Crippen LogP contribution in [0.1, 0.15) is 6.92 Å². The fourth-order valence-corrected chi connectivity index (χ4v) is 1.78. The largest absolute Gasteiger partial charge is 0.469 e. The lowest BCUT2D eigenvalue weighted by Gasteiger charge is -2.20. The van der Waals surface area contributed by atoms with Crippen LogP contribution in [-0.2, 0) is 9.53 Å². The Morgan fingerprint density at radius 3 is 2.00 bits per heavy atom. The SMILES string of the molecule is COC(=O)C(C)(CBr)CBr. The Hall–Kier alpha value is 0.430. The van der Waals surface area contributed by atoms with Crippen LogP contribution < -0.4 is 0 Å². The van der Waals surface area contributed by atoms with E-state index in [1.807, 2.05) is 6.92 Å². The van der Waals surface area contributed by atoms with Gasteiger partial charge < -0.3 is 4.74 Å². The maximum atomic E-state index is 11.0. The van der Waals surface area contributed by atoms with Gasteiger partial charge in [-0.1, -0.05) is 31.9 Å². The first-order valence-corrected chi connectivity index (χ1v) is 5.05. The van der Waals surface area contributed by atoms with Crippen LogP contribution in [0, 0.1) is 5.41 Å². The molecule has 0 fully saturated rings. The van der Waals surface area contributed by atoms with Crippen LogP contribution >= 0.6 is 31.9 Å². The molecule has 0 heterocycles. The van der Waals surface area contributed by atoms with Gasteiger partial charge in [0.2, 0.25) is 0 Å². The summed E-state index contributed by atoms with van der Waals surface area (Å²) < 4.78 is 4.60. The van der Waals surface area contributed by atoms with Gasteiger partial charge in [-0.3, -0.25) is 4.79 Å². The van der Waals surface area contributed by atoms with Gasteiger partial charge in [-0.05, 0) is 6.92 Å². The van der Waals surface area contributed by atoms with Gasteiger partial charge in [0.25, 0.3) is 0 Å². The molecule has 0 aliphatic heterocycles. The zero-order valence-corrected chi connectivity index (χ0v) is 9.16. The number of carbonyl (C=O) groups excluding carboxylic acids is 1. The summed E-state index contributed by atoms with van der Waals surface area (Å²) in [4.78, 5) is 11.0. The highest BCUT2D eigenvalue weighted by molar-refractivity contribution is 9.09. The summed E-state index contributed by atoms with van der Waals surface area (Å²) in [6.07, 6.45) is 0. The highest BCUT2D eigenvalue weighted by Gasteiger charge is 2.31. The molecule has 60 valence electrons. The number of ether oxygens (including phenoxy) is 1. The zero-order valence-electron chi connectivity index (χ0n) is 5.99. The number of hydrogen-bond donors (Lipinski definition) is 0. The van der Waals surface area contributed by atoms with E-state index in [1.165, 1.54) is 7.11 Å². The molecule has 0 aliphatic carbocycles. The van der Waals surface area contributed by atoms with Crippen molar-refractivity contribution in [3.05, 3.63) is 0 Å². The Bertz CT molecular complexity index is 121. The Balaban J connectivity index is 4.17. The van der Waals surface area contributed by atoms with Crippen molar-refractivity contribution in [2.45, 2.75) is 6.92 Å². The van der Waals surface area contributed by atoms with Crippen LogP contribution in [0.3, 0.4) is 0 Å². The van der Waals surface area contributed by atoms with Gasteiger partial charge in [0.15, 0.2) is 0 Å². The maximum absolute atomic E-state index is 11.0.